The molecule has 2 nitrogen and oxygen atoms in total. The van der Waals surface area contributed by atoms with Crippen LogP contribution in [0.4, 0.5) is 0 Å². The Balaban J connectivity index is 1.76. The predicted octanol–water partition coefficient (Wildman–Crippen LogP) is 3.26. The van der Waals surface area contributed by atoms with Crippen LogP contribution in [0, 0.1) is 0 Å². The molecule has 1 N–H and O–H groups in total. The molecule has 1 aromatic rings. The summed E-state index contributed by atoms with van der Waals surface area (Å²) in [7, 11) is 2.14. The third kappa shape index (κ3) is 2.70. The average Bonchev–Trinajstić information content (AvgIpc) is 2.51. The maximum atomic E-state index is 10.9. The summed E-state index contributed by atoms with van der Waals surface area (Å²) in [4.78, 5) is 2.32. The monoisotopic (exact) mass is 259 g/mol. The Morgan fingerprint density at radius 1 is 1.05 bits per heavy atom. The van der Waals surface area contributed by atoms with Crippen LogP contribution in [0.1, 0.15) is 55.6 Å². The van der Waals surface area contributed by atoms with Gasteiger partial charge in [0.15, 0.2) is 0 Å². The van der Waals surface area contributed by atoms with E-state index in [-0.39, 0.29) is 0 Å². The van der Waals surface area contributed by atoms with E-state index in [1.807, 2.05) is 0 Å². The van der Waals surface area contributed by atoms with Gasteiger partial charge in [-0.15, -0.1) is 0 Å². The molecule has 19 heavy (non-hydrogen) atoms. The molecule has 2 aliphatic rings. The summed E-state index contributed by atoms with van der Waals surface area (Å²) in [5.74, 6) is 0.781. The smallest absolute Gasteiger partial charge is 0.0909 e. The Morgan fingerprint density at radius 3 is 2.42 bits per heavy atom. The van der Waals surface area contributed by atoms with Crippen molar-refractivity contribution in [2.45, 2.75) is 50.0 Å². The summed E-state index contributed by atoms with van der Waals surface area (Å²) < 4.78 is 0. The van der Waals surface area contributed by atoms with Crippen LogP contribution in [0.3, 0.4) is 0 Å². The molecule has 1 saturated carbocycles. The third-order valence-corrected chi connectivity index (χ3v) is 5.06. The first-order valence-electron chi connectivity index (χ1n) is 7.69. The minimum Gasteiger partial charge on any atom is -0.385 e. The maximum Gasteiger partial charge on any atom is 0.0909 e. The fourth-order valence-corrected chi connectivity index (χ4v) is 3.35. The minimum absolute atomic E-state index is 0.608. The molecule has 1 aliphatic heterocycles. The van der Waals surface area contributed by atoms with Gasteiger partial charge in [-0.3, -0.25) is 0 Å². The minimum atomic E-state index is -0.608. The lowest BCUT2D eigenvalue weighted by Crippen LogP contribution is -2.27. The molecule has 0 amide bonds. The highest BCUT2D eigenvalue weighted by Crippen LogP contribution is 2.38. The molecule has 1 aliphatic carbocycles. The molecule has 0 spiro atoms. The zero-order chi connectivity index (χ0) is 13.3. The topological polar surface area (TPSA) is 23.5 Å². The van der Waals surface area contributed by atoms with E-state index in [1.165, 1.54) is 24.8 Å². The molecule has 3 rings (SSSR count). The van der Waals surface area contributed by atoms with Crippen molar-refractivity contribution < 1.29 is 5.11 Å². The molecule has 1 aromatic carbocycles. The fraction of sp³-hybridized carbons (Fsp3) is 0.647. The Bertz CT molecular complexity index is 423. The van der Waals surface area contributed by atoms with Crippen LogP contribution in [0.2, 0.25) is 0 Å². The largest absolute Gasteiger partial charge is 0.385 e. The van der Waals surface area contributed by atoms with Crippen molar-refractivity contribution in [3.63, 3.8) is 0 Å². The molecule has 0 radical (unpaired) electrons. The van der Waals surface area contributed by atoms with Gasteiger partial charge < -0.3 is 10.0 Å². The standard InChI is InChI=1S/C17H25NO/c1-18-12-3-10-17(19,11-13-18)16-8-6-15(7-9-16)14-4-2-5-14/h6-9,14,19H,2-5,10-13H2,1H3. The van der Waals surface area contributed by atoms with Crippen molar-refractivity contribution in [2.75, 3.05) is 20.1 Å². The van der Waals surface area contributed by atoms with E-state index in [2.05, 4.69) is 36.2 Å². The molecular formula is C17H25NO. The van der Waals surface area contributed by atoms with Crippen LogP contribution in [0.15, 0.2) is 24.3 Å². The predicted molar refractivity (Wildman–Crippen MR) is 78.3 cm³/mol. The van der Waals surface area contributed by atoms with Crippen LogP contribution in [-0.2, 0) is 5.60 Å². The first-order valence-corrected chi connectivity index (χ1v) is 7.69. The first kappa shape index (κ1) is 13.1. The third-order valence-electron chi connectivity index (χ3n) is 5.06. The number of aliphatic hydroxyl groups is 1. The second kappa shape index (κ2) is 5.26. The SMILES string of the molecule is CN1CCCC(O)(c2ccc(C3CCC3)cc2)CC1. The molecule has 1 unspecified atom stereocenters. The molecule has 0 bridgehead atoms. The molecule has 1 saturated heterocycles. The average molecular weight is 259 g/mol. The summed E-state index contributed by atoms with van der Waals surface area (Å²) in [5, 5.41) is 10.9. The van der Waals surface area contributed by atoms with Crippen LogP contribution in [0.25, 0.3) is 0 Å². The van der Waals surface area contributed by atoms with Crippen LogP contribution in [-0.4, -0.2) is 30.1 Å². The van der Waals surface area contributed by atoms with Gasteiger partial charge >= 0.3 is 0 Å². The molecule has 1 atom stereocenters. The van der Waals surface area contributed by atoms with Crippen molar-refractivity contribution in [3.8, 4) is 0 Å². The molecule has 104 valence electrons. The summed E-state index contributed by atoms with van der Waals surface area (Å²) in [5.41, 5.74) is 1.97. The number of rotatable bonds is 2. The highest BCUT2D eigenvalue weighted by atomic mass is 16.3. The molecule has 2 fully saturated rings. The van der Waals surface area contributed by atoms with E-state index in [0.717, 1.165) is 43.8 Å². The first-order chi connectivity index (χ1) is 9.17. The van der Waals surface area contributed by atoms with Crippen molar-refractivity contribution in [1.82, 2.24) is 4.90 Å². The van der Waals surface area contributed by atoms with E-state index in [4.69, 9.17) is 0 Å². The van der Waals surface area contributed by atoms with Gasteiger partial charge in [0.05, 0.1) is 5.60 Å². The van der Waals surface area contributed by atoms with Crippen molar-refractivity contribution in [3.05, 3.63) is 35.4 Å². The quantitative estimate of drug-likeness (QED) is 0.881. The zero-order valence-electron chi connectivity index (χ0n) is 11.9. The molecule has 1 heterocycles. The van der Waals surface area contributed by atoms with Crippen LogP contribution < -0.4 is 0 Å². The number of nitrogens with zero attached hydrogens (tertiary/aromatic N) is 1. The van der Waals surface area contributed by atoms with Gasteiger partial charge in [-0.05, 0) is 62.7 Å². The van der Waals surface area contributed by atoms with Crippen molar-refractivity contribution in [1.29, 1.82) is 0 Å². The van der Waals surface area contributed by atoms with Gasteiger partial charge in [0.25, 0.3) is 0 Å². The maximum absolute atomic E-state index is 10.9. The van der Waals surface area contributed by atoms with Gasteiger partial charge in [0.2, 0.25) is 0 Å². The van der Waals surface area contributed by atoms with Gasteiger partial charge in [0, 0.05) is 6.54 Å². The Morgan fingerprint density at radius 2 is 1.79 bits per heavy atom. The van der Waals surface area contributed by atoms with Crippen molar-refractivity contribution in [2.24, 2.45) is 0 Å². The number of hydrogen-bond acceptors (Lipinski definition) is 2. The lowest BCUT2D eigenvalue weighted by atomic mass is 9.79. The Hall–Kier alpha value is -0.860. The van der Waals surface area contributed by atoms with Crippen LogP contribution in [0.5, 0.6) is 0 Å². The summed E-state index contributed by atoms with van der Waals surface area (Å²) in [6.45, 7) is 2.09. The van der Waals surface area contributed by atoms with E-state index >= 15 is 0 Å². The van der Waals surface area contributed by atoms with E-state index in [9.17, 15) is 5.11 Å². The number of likely N-dealkylation sites (tertiary alicyclic amines) is 1. The summed E-state index contributed by atoms with van der Waals surface area (Å²) >= 11 is 0. The second-order valence-corrected chi connectivity index (χ2v) is 6.44. The Kier molecular flexibility index (Phi) is 3.64. The number of hydrogen-bond donors (Lipinski definition) is 1. The van der Waals surface area contributed by atoms with Gasteiger partial charge in [-0.2, -0.15) is 0 Å². The van der Waals surface area contributed by atoms with E-state index in [0.29, 0.717) is 0 Å². The molecular weight excluding hydrogens is 234 g/mol. The summed E-state index contributed by atoms with van der Waals surface area (Å²) in [6.07, 6.45) is 6.88. The fourth-order valence-electron chi connectivity index (χ4n) is 3.35. The molecule has 0 aromatic heterocycles. The highest BCUT2D eigenvalue weighted by molar-refractivity contribution is 5.30. The Labute approximate surface area is 116 Å². The normalized spacial score (nSPS) is 29.8. The van der Waals surface area contributed by atoms with Crippen molar-refractivity contribution >= 4 is 0 Å². The number of benzene rings is 1. The lowest BCUT2D eigenvalue weighted by molar-refractivity contribution is 0.0218. The van der Waals surface area contributed by atoms with Gasteiger partial charge in [0.1, 0.15) is 0 Å². The van der Waals surface area contributed by atoms with E-state index in [1.54, 1.807) is 0 Å². The van der Waals surface area contributed by atoms with Crippen LogP contribution >= 0.6 is 0 Å². The highest BCUT2D eigenvalue weighted by Gasteiger charge is 2.31. The zero-order valence-corrected chi connectivity index (χ0v) is 11.9. The van der Waals surface area contributed by atoms with E-state index < -0.39 is 5.60 Å². The van der Waals surface area contributed by atoms with Gasteiger partial charge in [-0.25, -0.2) is 0 Å². The second-order valence-electron chi connectivity index (χ2n) is 6.44. The van der Waals surface area contributed by atoms with Gasteiger partial charge in [-0.1, -0.05) is 30.7 Å². The molecule has 2 heteroatoms. The lowest BCUT2D eigenvalue weighted by Gasteiger charge is -2.29. The summed E-state index contributed by atoms with van der Waals surface area (Å²) in [6, 6.07) is 8.81.